The molecule has 1 aromatic carbocycles. The topological polar surface area (TPSA) is 93.2 Å². The number of benzene rings is 1. The van der Waals surface area contributed by atoms with Gasteiger partial charge >= 0.3 is 5.97 Å². The van der Waals surface area contributed by atoms with Gasteiger partial charge in [0.1, 0.15) is 0 Å². The van der Waals surface area contributed by atoms with Crippen LogP contribution in [0.15, 0.2) is 28.6 Å². The number of esters is 1. The summed E-state index contributed by atoms with van der Waals surface area (Å²) in [5.41, 5.74) is 1.83. The van der Waals surface area contributed by atoms with Gasteiger partial charge in [0.05, 0.1) is 5.75 Å². The van der Waals surface area contributed by atoms with Gasteiger partial charge in [0, 0.05) is 11.7 Å². The van der Waals surface area contributed by atoms with E-state index < -0.39 is 5.97 Å². The molecule has 29 heavy (non-hydrogen) atoms. The lowest BCUT2D eigenvalue weighted by Crippen LogP contribution is -2.21. The van der Waals surface area contributed by atoms with Gasteiger partial charge in [-0.3, -0.25) is 9.59 Å². The van der Waals surface area contributed by atoms with Crippen molar-refractivity contribution >= 4 is 45.8 Å². The molecule has 0 atom stereocenters. The summed E-state index contributed by atoms with van der Waals surface area (Å²) in [5, 5.41) is 15.2. The number of rotatable bonds is 9. The van der Waals surface area contributed by atoms with Crippen LogP contribution in [-0.4, -0.2) is 40.5 Å². The lowest BCUT2D eigenvalue weighted by Gasteiger charge is -2.21. The number of hydrogen-bond acceptors (Lipinski definition) is 8. The smallest absolute Gasteiger partial charge is 0.316 e. The predicted molar refractivity (Wildman–Crippen MR) is 117 cm³/mol. The number of hydrogen-bond donors (Lipinski definition) is 2. The minimum absolute atomic E-state index is 0.0939. The minimum Gasteiger partial charge on any atom is -0.455 e. The molecule has 9 heteroatoms. The Kier molecular flexibility index (Phi) is 8.30. The van der Waals surface area contributed by atoms with Crippen molar-refractivity contribution in [2.24, 2.45) is 0 Å². The summed E-state index contributed by atoms with van der Waals surface area (Å²) in [4.78, 5) is 23.9. The average Bonchev–Trinajstić information content (AvgIpc) is 3.19. The molecule has 1 amide bonds. The van der Waals surface area contributed by atoms with Crippen LogP contribution in [0, 0.1) is 0 Å². The molecule has 156 valence electrons. The van der Waals surface area contributed by atoms with Crippen LogP contribution >= 0.6 is 23.1 Å². The molecule has 1 heterocycles. The van der Waals surface area contributed by atoms with Crippen molar-refractivity contribution in [3.8, 4) is 0 Å². The average molecular weight is 435 g/mol. The van der Waals surface area contributed by atoms with Crippen LogP contribution in [0.3, 0.4) is 0 Å². The van der Waals surface area contributed by atoms with Gasteiger partial charge in [-0.25, -0.2) is 0 Å². The van der Waals surface area contributed by atoms with Gasteiger partial charge in [-0.2, -0.15) is 0 Å². The molecular weight excluding hydrogens is 408 g/mol. The third-order valence-electron chi connectivity index (χ3n) is 4.64. The van der Waals surface area contributed by atoms with E-state index in [4.69, 9.17) is 4.74 Å². The Labute approximate surface area is 179 Å². The zero-order chi connectivity index (χ0) is 20.5. The van der Waals surface area contributed by atoms with E-state index in [0.29, 0.717) is 16.1 Å². The number of anilines is 2. The first-order chi connectivity index (χ1) is 14.1. The van der Waals surface area contributed by atoms with Crippen molar-refractivity contribution in [1.29, 1.82) is 0 Å². The summed E-state index contributed by atoms with van der Waals surface area (Å²) in [6.45, 7) is 1.74. The van der Waals surface area contributed by atoms with Crippen molar-refractivity contribution in [1.82, 2.24) is 10.2 Å². The second-order valence-corrected chi connectivity index (χ2v) is 9.10. The van der Waals surface area contributed by atoms with Crippen LogP contribution in [0.5, 0.6) is 0 Å². The van der Waals surface area contributed by atoms with Crippen LogP contribution in [0.1, 0.15) is 44.6 Å². The molecule has 3 rings (SSSR count). The largest absolute Gasteiger partial charge is 0.455 e. The van der Waals surface area contributed by atoms with E-state index in [9.17, 15) is 9.59 Å². The molecule has 7 nitrogen and oxygen atoms in total. The Morgan fingerprint density at radius 3 is 2.86 bits per heavy atom. The fourth-order valence-corrected chi connectivity index (χ4v) is 4.75. The van der Waals surface area contributed by atoms with Crippen molar-refractivity contribution in [2.45, 2.75) is 55.8 Å². The first kappa shape index (κ1) is 21.6. The van der Waals surface area contributed by atoms with Gasteiger partial charge in [-0.05, 0) is 37.0 Å². The van der Waals surface area contributed by atoms with Crippen molar-refractivity contribution in [3.63, 3.8) is 0 Å². The van der Waals surface area contributed by atoms with E-state index in [1.807, 2.05) is 31.2 Å². The number of thioether (sulfide) groups is 1. The van der Waals surface area contributed by atoms with Gasteiger partial charge in [0.2, 0.25) is 5.13 Å². The van der Waals surface area contributed by atoms with Crippen molar-refractivity contribution < 1.29 is 14.3 Å². The third kappa shape index (κ3) is 7.32. The molecular formula is C20H26N4O3S2. The highest BCUT2D eigenvalue weighted by Gasteiger charge is 2.16. The second-order valence-electron chi connectivity index (χ2n) is 6.90. The first-order valence-electron chi connectivity index (χ1n) is 9.89. The lowest BCUT2D eigenvalue weighted by molar-refractivity contribution is -0.144. The number of nitrogens with one attached hydrogen (secondary N) is 2. The van der Waals surface area contributed by atoms with Crippen LogP contribution < -0.4 is 10.6 Å². The number of aryl methyl sites for hydroxylation is 1. The fraction of sp³-hybridized carbons (Fsp3) is 0.500. The lowest BCUT2D eigenvalue weighted by atomic mass is 9.96. The summed E-state index contributed by atoms with van der Waals surface area (Å²) < 4.78 is 5.76. The summed E-state index contributed by atoms with van der Waals surface area (Å²) in [7, 11) is 0. The van der Waals surface area contributed by atoms with Gasteiger partial charge in [-0.1, -0.05) is 61.4 Å². The molecule has 0 aliphatic heterocycles. The predicted octanol–water partition coefficient (Wildman–Crippen LogP) is 4.12. The second kappa shape index (κ2) is 11.2. The minimum atomic E-state index is -0.454. The standard InChI is InChI=1S/C20H26N4O3S2/c1-2-14-7-6-10-16(11-14)21-17(25)12-27-18(26)13-28-20-24-23-19(29-20)22-15-8-4-3-5-9-15/h6-7,10-11,15H,2-5,8-9,12-13H2,1H3,(H,21,25)(H,22,23). The molecule has 1 fully saturated rings. The van der Waals surface area contributed by atoms with E-state index in [0.717, 1.165) is 17.1 Å². The maximum Gasteiger partial charge on any atom is 0.316 e. The molecule has 2 aromatic rings. The fourth-order valence-electron chi connectivity index (χ4n) is 3.12. The SMILES string of the molecule is CCc1cccc(NC(=O)COC(=O)CSc2nnc(NC3CCCCC3)s2)c1. The van der Waals surface area contributed by atoms with Crippen LogP contribution in [-0.2, 0) is 20.7 Å². The molecule has 0 spiro atoms. The number of nitrogens with zero attached hydrogens (tertiary/aromatic N) is 2. The molecule has 1 saturated carbocycles. The summed E-state index contributed by atoms with van der Waals surface area (Å²) >= 11 is 2.71. The molecule has 1 aliphatic carbocycles. The molecule has 0 bridgehead atoms. The Bertz CT molecular complexity index is 822. The molecule has 2 N–H and O–H groups in total. The van der Waals surface area contributed by atoms with Crippen molar-refractivity contribution in [2.75, 3.05) is 23.0 Å². The monoisotopic (exact) mass is 434 g/mol. The zero-order valence-corrected chi connectivity index (χ0v) is 18.1. The molecule has 0 saturated heterocycles. The maximum atomic E-state index is 12.0. The molecule has 0 unspecified atom stereocenters. The number of aromatic nitrogens is 2. The number of ether oxygens (including phenoxy) is 1. The molecule has 1 aliphatic rings. The van der Waals surface area contributed by atoms with E-state index in [-0.39, 0.29) is 18.3 Å². The maximum absolute atomic E-state index is 12.0. The molecule has 1 aromatic heterocycles. The van der Waals surface area contributed by atoms with E-state index in [1.54, 1.807) is 0 Å². The number of carbonyl (C=O) groups excluding carboxylic acids is 2. The van der Waals surface area contributed by atoms with E-state index in [1.165, 1.54) is 55.2 Å². The molecule has 0 radical (unpaired) electrons. The number of carbonyl (C=O) groups is 2. The highest BCUT2D eigenvalue weighted by Crippen LogP contribution is 2.28. The Morgan fingerprint density at radius 2 is 2.07 bits per heavy atom. The van der Waals surface area contributed by atoms with Crippen LogP contribution in [0.2, 0.25) is 0 Å². The highest BCUT2D eigenvalue weighted by molar-refractivity contribution is 8.01. The highest BCUT2D eigenvalue weighted by atomic mass is 32.2. The van der Waals surface area contributed by atoms with Gasteiger partial charge in [0.25, 0.3) is 5.91 Å². The summed E-state index contributed by atoms with van der Waals surface area (Å²) in [6.07, 6.45) is 7.03. The normalized spacial score (nSPS) is 14.4. The summed E-state index contributed by atoms with van der Waals surface area (Å²) in [5.74, 6) is -0.715. The van der Waals surface area contributed by atoms with Gasteiger partial charge in [-0.15, -0.1) is 10.2 Å². The quantitative estimate of drug-likeness (QED) is 0.453. The van der Waals surface area contributed by atoms with Gasteiger partial charge in [0.15, 0.2) is 10.9 Å². The zero-order valence-electron chi connectivity index (χ0n) is 16.5. The number of amides is 1. The van der Waals surface area contributed by atoms with Crippen LogP contribution in [0.4, 0.5) is 10.8 Å². The van der Waals surface area contributed by atoms with Crippen molar-refractivity contribution in [3.05, 3.63) is 29.8 Å². The Hall–Kier alpha value is -2.13. The Balaban J connectivity index is 1.35. The summed E-state index contributed by atoms with van der Waals surface area (Å²) in [6, 6.07) is 8.07. The van der Waals surface area contributed by atoms with Gasteiger partial charge < -0.3 is 15.4 Å². The van der Waals surface area contributed by atoms with E-state index in [2.05, 4.69) is 20.8 Å². The first-order valence-corrected chi connectivity index (χ1v) is 11.7. The Morgan fingerprint density at radius 1 is 1.24 bits per heavy atom. The van der Waals surface area contributed by atoms with E-state index >= 15 is 0 Å². The van der Waals surface area contributed by atoms with Crippen LogP contribution in [0.25, 0.3) is 0 Å². The third-order valence-corrected chi connectivity index (χ3v) is 6.60.